The van der Waals surface area contributed by atoms with Crippen LogP contribution in [0.5, 0.6) is 0 Å². The molecule has 2 unspecified atom stereocenters. The van der Waals surface area contributed by atoms with Crippen LogP contribution in [0, 0.1) is 11.7 Å². The quantitative estimate of drug-likeness (QED) is 0.815. The Labute approximate surface area is 106 Å². The summed E-state index contributed by atoms with van der Waals surface area (Å²) in [6.07, 6.45) is -4.79. The highest BCUT2D eigenvalue weighted by Gasteiger charge is 2.39. The molecule has 0 aromatic heterocycles. The molecule has 2 N–H and O–H groups in total. The molecule has 0 radical (unpaired) electrons. The molecule has 1 heterocycles. The number of alkyl halides is 3. The van der Waals surface area contributed by atoms with E-state index in [4.69, 9.17) is 5.11 Å². The summed E-state index contributed by atoms with van der Waals surface area (Å²) >= 11 is 0. The summed E-state index contributed by atoms with van der Waals surface area (Å²) in [4.78, 5) is 11.0. The fourth-order valence-corrected chi connectivity index (χ4v) is 2.32. The second-order valence-corrected chi connectivity index (χ2v) is 4.42. The van der Waals surface area contributed by atoms with Crippen molar-refractivity contribution >= 4 is 5.97 Å². The number of halogens is 4. The minimum Gasteiger partial charge on any atom is -0.481 e. The van der Waals surface area contributed by atoms with Crippen LogP contribution in [0.15, 0.2) is 18.2 Å². The lowest BCUT2D eigenvalue weighted by atomic mass is 9.87. The van der Waals surface area contributed by atoms with Crippen LogP contribution in [-0.2, 0) is 11.0 Å². The topological polar surface area (TPSA) is 49.3 Å². The molecule has 0 amide bonds. The number of nitrogens with one attached hydrogen (secondary N) is 1. The van der Waals surface area contributed by atoms with E-state index in [-0.39, 0.29) is 18.7 Å². The normalized spacial score (nSPS) is 23.6. The zero-order chi connectivity index (χ0) is 14.2. The van der Waals surface area contributed by atoms with Gasteiger partial charge in [0.15, 0.2) is 0 Å². The number of carbonyl (C=O) groups is 1. The molecule has 1 aliphatic heterocycles. The van der Waals surface area contributed by atoms with Crippen LogP contribution in [-0.4, -0.2) is 24.2 Å². The van der Waals surface area contributed by atoms with Gasteiger partial charge in [0.05, 0.1) is 11.5 Å². The lowest BCUT2D eigenvalue weighted by molar-refractivity contribution is -0.141. The van der Waals surface area contributed by atoms with E-state index >= 15 is 0 Å². The van der Waals surface area contributed by atoms with Crippen molar-refractivity contribution in [1.82, 2.24) is 5.32 Å². The molecule has 1 aromatic carbocycles. The van der Waals surface area contributed by atoms with Crippen LogP contribution < -0.4 is 5.32 Å². The number of benzene rings is 1. The van der Waals surface area contributed by atoms with Crippen molar-refractivity contribution in [2.45, 2.75) is 12.1 Å². The molecule has 0 saturated carbocycles. The van der Waals surface area contributed by atoms with Gasteiger partial charge in [0.2, 0.25) is 0 Å². The van der Waals surface area contributed by atoms with E-state index in [1.165, 1.54) is 6.07 Å². The molecular formula is C12H11F4NO2. The number of hydrogen-bond donors (Lipinski definition) is 2. The zero-order valence-corrected chi connectivity index (χ0v) is 9.67. The molecule has 2 atom stereocenters. The average molecular weight is 277 g/mol. The molecule has 7 heteroatoms. The Morgan fingerprint density at radius 3 is 2.58 bits per heavy atom. The Balaban J connectivity index is 2.43. The van der Waals surface area contributed by atoms with Crippen molar-refractivity contribution in [1.29, 1.82) is 0 Å². The zero-order valence-electron chi connectivity index (χ0n) is 9.67. The Kier molecular flexibility index (Phi) is 3.49. The third-order valence-electron chi connectivity index (χ3n) is 3.26. The van der Waals surface area contributed by atoms with Gasteiger partial charge in [0, 0.05) is 19.0 Å². The highest BCUT2D eigenvalue weighted by atomic mass is 19.4. The van der Waals surface area contributed by atoms with Crippen molar-refractivity contribution in [3.63, 3.8) is 0 Å². The number of carboxylic acids is 1. The van der Waals surface area contributed by atoms with E-state index in [9.17, 15) is 22.4 Å². The van der Waals surface area contributed by atoms with Gasteiger partial charge in [0.1, 0.15) is 5.82 Å². The smallest absolute Gasteiger partial charge is 0.419 e. The summed E-state index contributed by atoms with van der Waals surface area (Å²) in [7, 11) is 0. The van der Waals surface area contributed by atoms with Crippen LogP contribution in [0.2, 0.25) is 0 Å². The molecule has 1 saturated heterocycles. The number of rotatable bonds is 2. The second kappa shape index (κ2) is 4.80. The first kappa shape index (κ1) is 13.8. The summed E-state index contributed by atoms with van der Waals surface area (Å²) in [6.45, 7) is 0.269. The minimum absolute atomic E-state index is 0.121. The SMILES string of the molecule is O=C(O)C1CNCC1c1cccc(C(F)(F)F)c1F. The van der Waals surface area contributed by atoms with Crippen LogP contribution in [0.25, 0.3) is 0 Å². The van der Waals surface area contributed by atoms with Crippen molar-refractivity contribution in [3.8, 4) is 0 Å². The monoisotopic (exact) mass is 277 g/mol. The highest BCUT2D eigenvalue weighted by Crippen LogP contribution is 2.37. The van der Waals surface area contributed by atoms with Gasteiger partial charge >= 0.3 is 12.1 Å². The minimum atomic E-state index is -4.79. The molecule has 19 heavy (non-hydrogen) atoms. The van der Waals surface area contributed by atoms with Crippen molar-refractivity contribution < 1.29 is 27.5 Å². The molecule has 0 aliphatic carbocycles. The second-order valence-electron chi connectivity index (χ2n) is 4.42. The number of hydrogen-bond acceptors (Lipinski definition) is 2. The number of aliphatic carboxylic acids is 1. The van der Waals surface area contributed by atoms with E-state index in [1.54, 1.807) is 0 Å². The fraction of sp³-hybridized carbons (Fsp3) is 0.417. The van der Waals surface area contributed by atoms with Gasteiger partial charge in [-0.15, -0.1) is 0 Å². The van der Waals surface area contributed by atoms with Crippen LogP contribution in [0.1, 0.15) is 17.0 Å². The van der Waals surface area contributed by atoms with Gasteiger partial charge in [-0.25, -0.2) is 4.39 Å². The van der Waals surface area contributed by atoms with Crippen molar-refractivity contribution in [2.75, 3.05) is 13.1 Å². The van der Waals surface area contributed by atoms with Gasteiger partial charge in [-0.2, -0.15) is 13.2 Å². The Hall–Kier alpha value is -1.63. The van der Waals surface area contributed by atoms with Gasteiger partial charge < -0.3 is 10.4 Å². The maximum absolute atomic E-state index is 13.9. The molecule has 0 bridgehead atoms. The largest absolute Gasteiger partial charge is 0.481 e. The standard InChI is InChI=1S/C12H11F4NO2/c13-10-6(2-1-3-9(10)12(14,15)16)7-4-17-5-8(7)11(18)19/h1-3,7-8,17H,4-5H2,(H,18,19). The molecule has 0 spiro atoms. The summed E-state index contributed by atoms with van der Waals surface area (Å²) in [5.74, 6) is -4.24. The molecule has 1 aromatic rings. The van der Waals surface area contributed by atoms with Gasteiger partial charge in [-0.05, 0) is 11.6 Å². The summed E-state index contributed by atoms with van der Waals surface area (Å²) in [6, 6.07) is 2.95. The Morgan fingerprint density at radius 1 is 1.32 bits per heavy atom. The summed E-state index contributed by atoms with van der Waals surface area (Å²) < 4.78 is 51.7. The average Bonchev–Trinajstić information content (AvgIpc) is 2.76. The van der Waals surface area contributed by atoms with E-state index in [1.807, 2.05) is 0 Å². The first-order valence-electron chi connectivity index (χ1n) is 5.61. The predicted octanol–water partition coefficient (Wildman–Crippen LogP) is 2.23. The van der Waals surface area contributed by atoms with E-state index < -0.39 is 35.4 Å². The summed E-state index contributed by atoms with van der Waals surface area (Å²) in [5, 5.41) is 11.7. The van der Waals surface area contributed by atoms with Crippen LogP contribution >= 0.6 is 0 Å². The molecule has 3 nitrogen and oxygen atoms in total. The molecule has 1 fully saturated rings. The Morgan fingerprint density at radius 2 is 2.00 bits per heavy atom. The predicted molar refractivity (Wildman–Crippen MR) is 58.1 cm³/mol. The molecule has 1 aliphatic rings. The van der Waals surface area contributed by atoms with Gasteiger partial charge in [-0.1, -0.05) is 12.1 Å². The lowest BCUT2D eigenvalue weighted by Gasteiger charge is -2.18. The van der Waals surface area contributed by atoms with E-state index in [0.29, 0.717) is 6.07 Å². The molecule has 104 valence electrons. The Bertz CT molecular complexity index is 501. The van der Waals surface area contributed by atoms with E-state index in [0.717, 1.165) is 6.07 Å². The third-order valence-corrected chi connectivity index (χ3v) is 3.26. The van der Waals surface area contributed by atoms with Crippen molar-refractivity contribution in [3.05, 3.63) is 35.1 Å². The molecule has 2 rings (SSSR count). The van der Waals surface area contributed by atoms with Crippen LogP contribution in [0.3, 0.4) is 0 Å². The van der Waals surface area contributed by atoms with Crippen LogP contribution in [0.4, 0.5) is 17.6 Å². The number of carboxylic acid groups (broad SMARTS) is 1. The van der Waals surface area contributed by atoms with Crippen molar-refractivity contribution in [2.24, 2.45) is 5.92 Å². The first-order valence-corrected chi connectivity index (χ1v) is 5.61. The summed E-state index contributed by atoms with van der Waals surface area (Å²) in [5.41, 5.74) is -1.56. The van der Waals surface area contributed by atoms with E-state index in [2.05, 4.69) is 5.32 Å². The highest BCUT2D eigenvalue weighted by molar-refractivity contribution is 5.72. The first-order chi connectivity index (χ1) is 8.82. The fourth-order valence-electron chi connectivity index (χ4n) is 2.32. The maximum Gasteiger partial charge on any atom is 0.419 e. The molecular weight excluding hydrogens is 266 g/mol. The maximum atomic E-state index is 13.9. The lowest BCUT2D eigenvalue weighted by Crippen LogP contribution is -2.22. The van der Waals surface area contributed by atoms with Gasteiger partial charge in [-0.3, -0.25) is 4.79 Å². The van der Waals surface area contributed by atoms with Gasteiger partial charge in [0.25, 0.3) is 0 Å². The third kappa shape index (κ3) is 2.56.